The van der Waals surface area contributed by atoms with Crippen molar-refractivity contribution >= 4 is 33.7 Å². The minimum Gasteiger partial charge on any atom is -0.490 e. The molecule has 2 aliphatic rings. The molecule has 6 rings (SSSR count). The second-order valence-corrected chi connectivity index (χ2v) is 8.33. The van der Waals surface area contributed by atoms with Crippen LogP contribution in [0.4, 0.5) is 11.6 Å². The first-order valence-corrected chi connectivity index (χ1v) is 10.2. The summed E-state index contributed by atoms with van der Waals surface area (Å²) in [6.45, 7) is 0. The first-order valence-electron chi connectivity index (χ1n) is 10.2. The van der Waals surface area contributed by atoms with Crippen molar-refractivity contribution in [2.45, 2.75) is 43.0 Å². The lowest BCUT2D eigenvalue weighted by atomic mass is 9.73. The normalized spacial score (nSPS) is 29.6. The lowest BCUT2D eigenvalue weighted by Gasteiger charge is -2.45. The Hall–Kier alpha value is -3.54. The molecule has 32 heavy (non-hydrogen) atoms. The van der Waals surface area contributed by atoms with Crippen LogP contribution in [0, 0.1) is 0 Å². The Balaban J connectivity index is 1.20. The fraction of sp³-hybridized carbons (Fsp3) is 0.333. The molecule has 1 spiro atoms. The molecule has 1 aromatic carbocycles. The lowest BCUT2D eigenvalue weighted by molar-refractivity contribution is -0.182. The van der Waals surface area contributed by atoms with Gasteiger partial charge in [0.25, 0.3) is 0 Å². The number of aromatic nitrogens is 5. The third-order valence-electron chi connectivity index (χ3n) is 6.31. The van der Waals surface area contributed by atoms with Crippen LogP contribution in [0.2, 0.25) is 0 Å². The molecule has 2 fully saturated rings. The smallest absolute Gasteiger partial charge is 0.167 e. The minimum atomic E-state index is -1.16. The lowest BCUT2D eigenvalue weighted by Crippen LogP contribution is -2.57. The van der Waals surface area contributed by atoms with Gasteiger partial charge in [-0.25, -0.2) is 19.9 Å². The van der Waals surface area contributed by atoms with Crippen LogP contribution in [0.25, 0.3) is 22.1 Å². The maximum Gasteiger partial charge on any atom is 0.167 e. The van der Waals surface area contributed by atoms with Gasteiger partial charge in [0, 0.05) is 24.3 Å². The number of nitrogen functional groups attached to an aromatic ring is 2. The van der Waals surface area contributed by atoms with Gasteiger partial charge in [-0.05, 0) is 24.3 Å². The summed E-state index contributed by atoms with van der Waals surface area (Å²) in [5.74, 6) is 1.34. The second kappa shape index (κ2) is 6.73. The number of nitrogens with two attached hydrogens (primary N) is 2. The third kappa shape index (κ3) is 2.79. The SMILES string of the molecule is Nc1ccc2ccc(OC3CC4(C3)O[C@@H](n3cnc5c(N)ncnc53)[C@H](O)[C@@H]4O)cc2n1. The molecule has 164 valence electrons. The van der Waals surface area contributed by atoms with E-state index < -0.39 is 24.0 Å². The van der Waals surface area contributed by atoms with Crippen molar-refractivity contribution in [3.05, 3.63) is 43.0 Å². The van der Waals surface area contributed by atoms with Crippen molar-refractivity contribution in [1.29, 1.82) is 0 Å². The van der Waals surface area contributed by atoms with Gasteiger partial charge in [-0.2, -0.15) is 0 Å². The van der Waals surface area contributed by atoms with Crippen molar-refractivity contribution in [2.24, 2.45) is 0 Å². The number of pyridine rings is 1. The predicted molar refractivity (Wildman–Crippen MR) is 114 cm³/mol. The molecule has 3 atom stereocenters. The molecule has 4 aromatic rings. The van der Waals surface area contributed by atoms with Gasteiger partial charge in [0.1, 0.15) is 47.3 Å². The standard InChI is InChI=1S/C21H21N7O4/c22-14-4-2-10-1-3-11(5-13(10)27-14)31-12-6-21(7-12)17(30)16(29)20(32-21)28-9-26-15-18(23)24-8-25-19(15)28/h1-5,8-9,12,16-17,20,29-30H,6-7H2,(H2,22,27)(H2,23,24,25)/t12?,16-,17+,20-,21?/m1/s1. The molecule has 3 aromatic heterocycles. The molecule has 0 amide bonds. The van der Waals surface area contributed by atoms with Gasteiger partial charge in [0.05, 0.1) is 11.8 Å². The molecular formula is C21H21N7O4. The number of fused-ring (bicyclic) bond motifs is 2. The number of aliphatic hydroxyl groups is 2. The topological polar surface area (TPSA) is 167 Å². The molecule has 1 saturated heterocycles. The van der Waals surface area contributed by atoms with E-state index in [0.717, 1.165) is 10.9 Å². The van der Waals surface area contributed by atoms with Crippen molar-refractivity contribution < 1.29 is 19.7 Å². The van der Waals surface area contributed by atoms with Crippen molar-refractivity contribution in [1.82, 2.24) is 24.5 Å². The summed E-state index contributed by atoms with van der Waals surface area (Å²) in [5, 5.41) is 22.5. The Morgan fingerprint density at radius 3 is 2.75 bits per heavy atom. The summed E-state index contributed by atoms with van der Waals surface area (Å²) in [4.78, 5) is 16.7. The van der Waals surface area contributed by atoms with E-state index in [0.29, 0.717) is 35.6 Å². The number of rotatable bonds is 3. The van der Waals surface area contributed by atoms with Crippen LogP contribution >= 0.6 is 0 Å². The van der Waals surface area contributed by atoms with Crippen LogP contribution in [0.3, 0.4) is 0 Å². The highest BCUT2D eigenvalue weighted by atomic mass is 16.6. The maximum atomic E-state index is 10.8. The van der Waals surface area contributed by atoms with E-state index >= 15 is 0 Å². The van der Waals surface area contributed by atoms with Gasteiger partial charge in [0.2, 0.25) is 0 Å². The predicted octanol–water partition coefficient (Wildman–Crippen LogP) is 0.770. The minimum absolute atomic E-state index is 0.174. The van der Waals surface area contributed by atoms with Crippen LogP contribution in [-0.4, -0.2) is 58.6 Å². The quantitative estimate of drug-likeness (QED) is 0.361. The Labute approximate surface area is 181 Å². The zero-order valence-electron chi connectivity index (χ0n) is 16.9. The number of nitrogens with zero attached hydrogens (tertiary/aromatic N) is 5. The van der Waals surface area contributed by atoms with Crippen molar-refractivity contribution in [3.8, 4) is 5.75 Å². The monoisotopic (exact) mass is 435 g/mol. The van der Waals surface area contributed by atoms with Crippen LogP contribution in [0.15, 0.2) is 43.0 Å². The molecule has 11 nitrogen and oxygen atoms in total. The van der Waals surface area contributed by atoms with Gasteiger partial charge >= 0.3 is 0 Å². The zero-order valence-corrected chi connectivity index (χ0v) is 16.9. The first-order chi connectivity index (χ1) is 15.4. The Morgan fingerprint density at radius 2 is 1.91 bits per heavy atom. The van der Waals surface area contributed by atoms with E-state index in [9.17, 15) is 10.2 Å². The van der Waals surface area contributed by atoms with Crippen LogP contribution < -0.4 is 16.2 Å². The Bertz CT molecular complexity index is 1340. The molecule has 1 aliphatic heterocycles. The van der Waals surface area contributed by atoms with E-state index in [1.54, 1.807) is 10.6 Å². The average Bonchev–Trinajstić information content (AvgIpc) is 3.29. The highest BCUT2D eigenvalue weighted by Crippen LogP contribution is 2.50. The summed E-state index contributed by atoms with van der Waals surface area (Å²) in [5.41, 5.74) is 12.3. The number of aliphatic hydroxyl groups excluding tert-OH is 2. The Morgan fingerprint density at radius 1 is 1.09 bits per heavy atom. The van der Waals surface area contributed by atoms with Crippen molar-refractivity contribution in [3.63, 3.8) is 0 Å². The number of imidazole rings is 1. The number of anilines is 2. The summed E-state index contributed by atoms with van der Waals surface area (Å²) in [7, 11) is 0. The van der Waals surface area contributed by atoms with Crippen molar-refractivity contribution in [2.75, 3.05) is 11.5 Å². The second-order valence-electron chi connectivity index (χ2n) is 8.33. The first kappa shape index (κ1) is 19.2. The summed E-state index contributed by atoms with van der Waals surface area (Å²) in [6.07, 6.45) is 0.393. The van der Waals surface area contributed by atoms with Gasteiger partial charge in [-0.15, -0.1) is 0 Å². The maximum absolute atomic E-state index is 10.8. The number of hydrogen-bond donors (Lipinski definition) is 4. The molecule has 0 radical (unpaired) electrons. The number of hydrogen-bond acceptors (Lipinski definition) is 10. The van der Waals surface area contributed by atoms with Crippen LogP contribution in [0.5, 0.6) is 5.75 Å². The van der Waals surface area contributed by atoms with Gasteiger partial charge in [-0.1, -0.05) is 0 Å². The molecule has 6 N–H and O–H groups in total. The van der Waals surface area contributed by atoms with Crippen LogP contribution in [-0.2, 0) is 4.74 Å². The van der Waals surface area contributed by atoms with E-state index in [1.165, 1.54) is 12.7 Å². The summed E-state index contributed by atoms with van der Waals surface area (Å²) >= 11 is 0. The summed E-state index contributed by atoms with van der Waals surface area (Å²) in [6, 6.07) is 9.29. The van der Waals surface area contributed by atoms with E-state index in [2.05, 4.69) is 19.9 Å². The van der Waals surface area contributed by atoms with E-state index in [-0.39, 0.29) is 11.9 Å². The molecule has 11 heteroatoms. The highest BCUT2D eigenvalue weighted by molar-refractivity contribution is 5.82. The molecular weight excluding hydrogens is 414 g/mol. The average molecular weight is 435 g/mol. The highest BCUT2D eigenvalue weighted by Gasteiger charge is 2.62. The fourth-order valence-electron chi connectivity index (χ4n) is 4.64. The van der Waals surface area contributed by atoms with E-state index in [4.69, 9.17) is 20.9 Å². The Kier molecular flexibility index (Phi) is 4.03. The van der Waals surface area contributed by atoms with Gasteiger partial charge < -0.3 is 31.2 Å². The largest absolute Gasteiger partial charge is 0.490 e. The van der Waals surface area contributed by atoms with Gasteiger partial charge in [0.15, 0.2) is 17.7 Å². The number of ether oxygens (including phenoxy) is 2. The molecule has 0 bridgehead atoms. The fourth-order valence-corrected chi connectivity index (χ4v) is 4.64. The number of benzene rings is 1. The molecule has 4 heterocycles. The molecule has 1 saturated carbocycles. The summed E-state index contributed by atoms with van der Waals surface area (Å²) < 4.78 is 13.8. The third-order valence-corrected chi connectivity index (χ3v) is 6.31. The molecule has 1 aliphatic carbocycles. The molecule has 0 unspecified atom stereocenters. The van der Waals surface area contributed by atoms with Gasteiger partial charge in [-0.3, -0.25) is 4.57 Å². The van der Waals surface area contributed by atoms with E-state index in [1.807, 2.05) is 24.3 Å². The zero-order chi connectivity index (χ0) is 22.0. The van der Waals surface area contributed by atoms with Crippen LogP contribution in [0.1, 0.15) is 19.1 Å².